The van der Waals surface area contributed by atoms with Crippen LogP contribution in [0.3, 0.4) is 0 Å². The molecule has 4 nitrogen and oxygen atoms in total. The van der Waals surface area contributed by atoms with Crippen molar-refractivity contribution < 1.29 is 19.7 Å². The van der Waals surface area contributed by atoms with Gasteiger partial charge in [0.1, 0.15) is 5.75 Å². The molecule has 1 aliphatic rings. The molecule has 0 saturated heterocycles. The van der Waals surface area contributed by atoms with E-state index >= 15 is 0 Å². The van der Waals surface area contributed by atoms with E-state index in [2.05, 4.69) is 0 Å². The summed E-state index contributed by atoms with van der Waals surface area (Å²) in [6, 6.07) is 15.8. The van der Waals surface area contributed by atoms with Gasteiger partial charge < -0.3 is 14.9 Å². The Kier molecular flexibility index (Phi) is 3.46. The fourth-order valence-corrected chi connectivity index (χ4v) is 2.41. The van der Waals surface area contributed by atoms with Crippen molar-refractivity contribution in [2.45, 2.75) is 12.7 Å². The molecule has 0 bridgehead atoms. The van der Waals surface area contributed by atoms with E-state index in [-0.39, 0.29) is 5.75 Å². The Balaban J connectivity index is 2.03. The van der Waals surface area contributed by atoms with Crippen LogP contribution in [-0.4, -0.2) is 22.5 Å². The lowest BCUT2D eigenvalue weighted by atomic mass is 9.96. The summed E-state index contributed by atoms with van der Waals surface area (Å²) in [5, 5.41) is 19.3. The number of carbonyl (C=O) groups is 1. The van der Waals surface area contributed by atoms with Gasteiger partial charge in [0.25, 0.3) is 0 Å². The molecule has 1 atom stereocenters. The fraction of sp³-hybridized carbons (Fsp3) is 0.118. The maximum Gasteiger partial charge on any atom is 0.341 e. The Morgan fingerprint density at radius 2 is 1.67 bits per heavy atom. The maximum atomic E-state index is 12.0. The Labute approximate surface area is 121 Å². The lowest BCUT2D eigenvalue weighted by Gasteiger charge is -2.08. The monoisotopic (exact) mass is 282 g/mol. The molecule has 3 rings (SSSR count). The largest absolute Gasteiger partial charge is 0.508 e. The minimum absolute atomic E-state index is 0.121. The predicted octanol–water partition coefficient (Wildman–Crippen LogP) is 2.26. The van der Waals surface area contributed by atoms with Crippen LogP contribution in [0, 0.1) is 0 Å². The molecule has 2 aromatic carbocycles. The summed E-state index contributed by atoms with van der Waals surface area (Å²) in [7, 11) is 0. The van der Waals surface area contributed by atoms with E-state index in [0.717, 1.165) is 5.56 Å². The lowest BCUT2D eigenvalue weighted by Crippen LogP contribution is -2.11. The molecule has 0 unspecified atom stereocenters. The van der Waals surface area contributed by atoms with Crippen LogP contribution in [0.5, 0.6) is 5.75 Å². The van der Waals surface area contributed by atoms with Gasteiger partial charge in [-0.1, -0.05) is 42.5 Å². The number of carbonyl (C=O) groups excluding carboxylic acids is 1. The molecule has 1 aliphatic heterocycles. The minimum atomic E-state index is -1.22. The zero-order valence-corrected chi connectivity index (χ0v) is 11.2. The van der Waals surface area contributed by atoms with Crippen molar-refractivity contribution in [2.75, 3.05) is 0 Å². The Hall–Kier alpha value is -2.59. The van der Waals surface area contributed by atoms with E-state index in [1.165, 1.54) is 12.1 Å². The average molecular weight is 282 g/mol. The second kappa shape index (κ2) is 5.42. The first-order valence-electron chi connectivity index (χ1n) is 6.60. The highest BCUT2D eigenvalue weighted by atomic mass is 16.6. The van der Waals surface area contributed by atoms with Gasteiger partial charge in [-0.2, -0.15) is 0 Å². The molecule has 0 radical (unpaired) electrons. The highest BCUT2D eigenvalue weighted by Crippen LogP contribution is 2.32. The van der Waals surface area contributed by atoms with Crippen LogP contribution in [0.2, 0.25) is 0 Å². The van der Waals surface area contributed by atoms with E-state index in [9.17, 15) is 15.0 Å². The van der Waals surface area contributed by atoms with Crippen LogP contribution >= 0.6 is 0 Å². The van der Waals surface area contributed by atoms with Gasteiger partial charge in [-0.05, 0) is 23.3 Å². The van der Waals surface area contributed by atoms with Gasteiger partial charge in [-0.25, -0.2) is 4.79 Å². The third-order valence-corrected chi connectivity index (χ3v) is 3.44. The summed E-state index contributed by atoms with van der Waals surface area (Å²) < 4.78 is 4.92. The lowest BCUT2D eigenvalue weighted by molar-refractivity contribution is -0.150. The number of benzene rings is 2. The fourth-order valence-electron chi connectivity index (χ4n) is 2.41. The molecule has 0 aliphatic carbocycles. The Morgan fingerprint density at radius 1 is 1.00 bits per heavy atom. The summed E-state index contributed by atoms with van der Waals surface area (Å²) in [5.74, 6) is -0.421. The quantitative estimate of drug-likeness (QED) is 0.847. The van der Waals surface area contributed by atoms with E-state index < -0.39 is 12.3 Å². The smallest absolute Gasteiger partial charge is 0.341 e. The summed E-state index contributed by atoms with van der Waals surface area (Å²) in [6.45, 7) is 0. The average Bonchev–Trinajstić information content (AvgIpc) is 2.76. The minimum Gasteiger partial charge on any atom is -0.508 e. The second-order valence-electron chi connectivity index (χ2n) is 4.87. The standard InChI is InChI=1S/C17H14O4/c18-13-8-6-12(7-9-13)15-14(16(19)21-17(15)20)10-11-4-2-1-3-5-11/h1-9,16,18-19H,10H2/t16-/m1/s1. The molecule has 106 valence electrons. The first kappa shape index (κ1) is 13.4. The van der Waals surface area contributed by atoms with Crippen molar-refractivity contribution in [3.05, 3.63) is 71.3 Å². The SMILES string of the molecule is O=C1O[C@@H](O)C(Cc2ccccc2)=C1c1ccc(O)cc1. The van der Waals surface area contributed by atoms with E-state index in [0.29, 0.717) is 23.1 Å². The number of phenolic OH excluding ortho intramolecular Hbond substituents is 1. The maximum absolute atomic E-state index is 12.0. The predicted molar refractivity (Wildman–Crippen MR) is 77.3 cm³/mol. The number of aromatic hydroxyl groups is 1. The van der Waals surface area contributed by atoms with Gasteiger partial charge in [0.05, 0.1) is 5.57 Å². The second-order valence-corrected chi connectivity index (χ2v) is 4.87. The molecular weight excluding hydrogens is 268 g/mol. The summed E-state index contributed by atoms with van der Waals surface area (Å²) in [4.78, 5) is 12.0. The van der Waals surface area contributed by atoms with E-state index in [1.54, 1.807) is 12.1 Å². The highest BCUT2D eigenvalue weighted by Gasteiger charge is 2.33. The zero-order chi connectivity index (χ0) is 14.8. The molecule has 0 aromatic heterocycles. The number of hydrogen-bond acceptors (Lipinski definition) is 4. The molecule has 2 aromatic rings. The van der Waals surface area contributed by atoms with Crippen LogP contribution in [0.15, 0.2) is 60.2 Å². The molecule has 0 amide bonds. The Morgan fingerprint density at radius 3 is 2.33 bits per heavy atom. The van der Waals surface area contributed by atoms with Crippen LogP contribution in [-0.2, 0) is 16.0 Å². The van der Waals surface area contributed by atoms with Crippen molar-refractivity contribution in [3.63, 3.8) is 0 Å². The molecule has 0 saturated carbocycles. The van der Waals surface area contributed by atoms with Gasteiger partial charge in [-0.3, -0.25) is 0 Å². The number of aliphatic hydroxyl groups is 1. The molecule has 0 spiro atoms. The molecule has 21 heavy (non-hydrogen) atoms. The van der Waals surface area contributed by atoms with Crippen molar-refractivity contribution in [1.82, 2.24) is 0 Å². The molecule has 2 N–H and O–H groups in total. The molecular formula is C17H14O4. The number of aliphatic hydroxyl groups excluding tert-OH is 1. The van der Waals surface area contributed by atoms with E-state index in [1.807, 2.05) is 30.3 Å². The number of phenols is 1. The summed E-state index contributed by atoms with van der Waals surface area (Å²) in [5.41, 5.74) is 2.52. The number of hydrogen-bond donors (Lipinski definition) is 2. The van der Waals surface area contributed by atoms with Crippen molar-refractivity contribution >= 4 is 11.5 Å². The van der Waals surface area contributed by atoms with Gasteiger partial charge in [0.2, 0.25) is 6.29 Å². The number of rotatable bonds is 3. The number of esters is 1. The topological polar surface area (TPSA) is 66.8 Å². The van der Waals surface area contributed by atoms with Gasteiger partial charge in [-0.15, -0.1) is 0 Å². The first-order chi connectivity index (χ1) is 10.1. The van der Waals surface area contributed by atoms with Gasteiger partial charge in [0.15, 0.2) is 0 Å². The molecule has 4 heteroatoms. The van der Waals surface area contributed by atoms with Crippen molar-refractivity contribution in [3.8, 4) is 5.75 Å². The van der Waals surface area contributed by atoms with Crippen LogP contribution in [0.1, 0.15) is 11.1 Å². The number of ether oxygens (including phenoxy) is 1. The molecule has 1 heterocycles. The van der Waals surface area contributed by atoms with Crippen molar-refractivity contribution in [2.24, 2.45) is 0 Å². The van der Waals surface area contributed by atoms with Crippen LogP contribution < -0.4 is 0 Å². The zero-order valence-electron chi connectivity index (χ0n) is 11.2. The van der Waals surface area contributed by atoms with Crippen molar-refractivity contribution in [1.29, 1.82) is 0 Å². The van der Waals surface area contributed by atoms with Gasteiger partial charge >= 0.3 is 5.97 Å². The first-order valence-corrected chi connectivity index (χ1v) is 6.60. The number of cyclic esters (lactones) is 1. The van der Waals surface area contributed by atoms with Crippen LogP contribution in [0.25, 0.3) is 5.57 Å². The van der Waals surface area contributed by atoms with Crippen LogP contribution in [0.4, 0.5) is 0 Å². The van der Waals surface area contributed by atoms with Gasteiger partial charge in [0, 0.05) is 12.0 Å². The third kappa shape index (κ3) is 2.66. The third-order valence-electron chi connectivity index (χ3n) is 3.44. The summed E-state index contributed by atoms with van der Waals surface area (Å²) >= 11 is 0. The Bertz CT molecular complexity index is 686. The summed E-state index contributed by atoms with van der Waals surface area (Å²) in [6.07, 6.45) is -0.786. The normalized spacial score (nSPS) is 18.0. The molecule has 0 fully saturated rings. The highest BCUT2D eigenvalue weighted by molar-refractivity contribution is 6.19. The van der Waals surface area contributed by atoms with E-state index in [4.69, 9.17) is 4.74 Å².